The topological polar surface area (TPSA) is 17.1 Å². The van der Waals surface area contributed by atoms with E-state index in [1.165, 1.54) is 36.0 Å². The lowest BCUT2D eigenvalue weighted by atomic mass is 10.0. The molecule has 3 atom stereocenters. The molecule has 1 aliphatic carbocycles. The van der Waals surface area contributed by atoms with E-state index < -0.39 is 0 Å². The smallest absolute Gasteiger partial charge is 0.151 e. The van der Waals surface area contributed by atoms with Crippen molar-refractivity contribution in [1.29, 1.82) is 0 Å². The summed E-state index contributed by atoms with van der Waals surface area (Å²) in [6.07, 6.45) is 4.30. The Morgan fingerprint density at radius 1 is 1.20 bits per heavy atom. The van der Waals surface area contributed by atoms with E-state index in [0.29, 0.717) is 22.7 Å². The molecule has 0 N–H and O–H groups in total. The number of rotatable bonds is 3. The predicted molar refractivity (Wildman–Crippen MR) is 89.9 cm³/mol. The third-order valence-corrected chi connectivity index (χ3v) is 7.89. The molecule has 0 spiro atoms. The van der Waals surface area contributed by atoms with Gasteiger partial charge in [-0.15, -0.1) is 11.8 Å². The van der Waals surface area contributed by atoms with Crippen LogP contribution in [-0.4, -0.2) is 27.3 Å². The lowest BCUT2D eigenvalue weighted by Gasteiger charge is -2.30. The van der Waals surface area contributed by atoms with Crippen LogP contribution in [0.1, 0.15) is 37.0 Å². The molecule has 0 aromatic heterocycles. The molecule has 3 rings (SSSR count). The number of thioether (sulfide) groups is 2. The number of fused-ring (bicyclic) bond motifs is 1. The number of carbonyl (C=O) groups is 1. The minimum atomic E-state index is 0.194. The molecule has 0 saturated carbocycles. The molecule has 1 nitrogen and oxygen atoms in total. The number of benzene rings is 1. The Bertz CT molecular complexity index is 512. The summed E-state index contributed by atoms with van der Waals surface area (Å²) in [7, 11) is 0. The summed E-state index contributed by atoms with van der Waals surface area (Å²) in [5, 5.41) is 1.45. The first-order valence-corrected chi connectivity index (χ1v) is 9.53. The van der Waals surface area contributed by atoms with E-state index in [1.54, 1.807) is 0 Å². The Hall–Kier alpha value is -0.410. The van der Waals surface area contributed by atoms with E-state index in [4.69, 9.17) is 0 Å². The zero-order valence-electron chi connectivity index (χ0n) is 12.2. The fourth-order valence-corrected chi connectivity index (χ4v) is 5.89. The Kier molecular flexibility index (Phi) is 4.46. The van der Waals surface area contributed by atoms with Gasteiger partial charge >= 0.3 is 0 Å². The third-order valence-electron chi connectivity index (χ3n) is 4.45. The molecule has 3 heteroatoms. The van der Waals surface area contributed by atoms with Gasteiger partial charge < -0.3 is 0 Å². The molecule has 1 aromatic rings. The quantitative estimate of drug-likeness (QED) is 0.843. The van der Waals surface area contributed by atoms with Gasteiger partial charge in [0.05, 0.1) is 5.25 Å². The SMILES string of the molecule is CC1SCC(C(=O)Cc2ccc3c(c2)CCC3)SC1C. The number of hydrogen-bond acceptors (Lipinski definition) is 3. The van der Waals surface area contributed by atoms with Gasteiger partial charge in [0.15, 0.2) is 5.78 Å². The average molecular weight is 306 g/mol. The second-order valence-corrected chi connectivity index (χ2v) is 8.96. The molecule has 1 heterocycles. The fourth-order valence-electron chi connectivity index (χ4n) is 3.00. The van der Waals surface area contributed by atoms with Crippen LogP contribution in [0.15, 0.2) is 18.2 Å². The minimum Gasteiger partial charge on any atom is -0.298 e. The summed E-state index contributed by atoms with van der Waals surface area (Å²) in [6.45, 7) is 4.51. The average Bonchev–Trinajstić information content (AvgIpc) is 2.89. The van der Waals surface area contributed by atoms with Crippen LogP contribution in [-0.2, 0) is 24.1 Å². The molecule has 1 aliphatic heterocycles. The zero-order chi connectivity index (χ0) is 14.1. The molecule has 2 aliphatic rings. The van der Waals surface area contributed by atoms with E-state index in [1.807, 2.05) is 23.5 Å². The van der Waals surface area contributed by atoms with Crippen LogP contribution in [0.4, 0.5) is 0 Å². The highest BCUT2D eigenvalue weighted by Gasteiger charge is 2.30. The molecule has 108 valence electrons. The number of carbonyl (C=O) groups excluding carboxylic acids is 1. The van der Waals surface area contributed by atoms with Crippen LogP contribution in [0.3, 0.4) is 0 Å². The molecule has 1 saturated heterocycles. The summed E-state index contributed by atoms with van der Waals surface area (Å²) in [5.41, 5.74) is 4.18. The highest BCUT2D eigenvalue weighted by Crippen LogP contribution is 2.36. The third kappa shape index (κ3) is 3.09. The van der Waals surface area contributed by atoms with Crippen molar-refractivity contribution < 1.29 is 4.79 Å². The van der Waals surface area contributed by atoms with Crippen LogP contribution in [0.5, 0.6) is 0 Å². The standard InChI is InChI=1S/C17H22OS2/c1-11-12(2)20-17(10-19-11)16(18)9-13-6-7-14-4-3-5-15(14)8-13/h6-8,11-12,17H,3-5,9-10H2,1-2H3. The van der Waals surface area contributed by atoms with E-state index >= 15 is 0 Å². The molecule has 20 heavy (non-hydrogen) atoms. The van der Waals surface area contributed by atoms with Crippen LogP contribution in [0.25, 0.3) is 0 Å². The van der Waals surface area contributed by atoms with Crippen molar-refractivity contribution in [2.24, 2.45) is 0 Å². The van der Waals surface area contributed by atoms with E-state index in [9.17, 15) is 4.79 Å². The summed E-state index contributed by atoms with van der Waals surface area (Å²) in [4.78, 5) is 12.5. The van der Waals surface area contributed by atoms with Crippen molar-refractivity contribution in [2.75, 3.05) is 5.75 Å². The lowest BCUT2D eigenvalue weighted by Crippen LogP contribution is -2.32. The highest BCUT2D eigenvalue weighted by atomic mass is 32.2. The summed E-state index contributed by atoms with van der Waals surface area (Å²) >= 11 is 3.83. The van der Waals surface area contributed by atoms with E-state index in [-0.39, 0.29) is 5.25 Å². The Balaban J connectivity index is 1.64. The second-order valence-electron chi connectivity index (χ2n) is 5.97. The number of ketones is 1. The first-order chi connectivity index (χ1) is 9.63. The van der Waals surface area contributed by atoms with Gasteiger partial charge in [-0.1, -0.05) is 32.0 Å². The minimum absolute atomic E-state index is 0.194. The summed E-state index contributed by atoms with van der Waals surface area (Å²) in [5.74, 6) is 1.40. The van der Waals surface area contributed by atoms with Crippen molar-refractivity contribution >= 4 is 29.3 Å². The van der Waals surface area contributed by atoms with Crippen LogP contribution < -0.4 is 0 Å². The number of Topliss-reactive ketones (excluding diaryl/α,β-unsaturated/α-hetero) is 1. The molecule has 0 radical (unpaired) electrons. The molecule has 3 unspecified atom stereocenters. The Morgan fingerprint density at radius 2 is 2.00 bits per heavy atom. The van der Waals surface area contributed by atoms with Crippen molar-refractivity contribution in [3.05, 3.63) is 34.9 Å². The van der Waals surface area contributed by atoms with Gasteiger partial charge in [0.25, 0.3) is 0 Å². The van der Waals surface area contributed by atoms with Crippen LogP contribution >= 0.6 is 23.5 Å². The van der Waals surface area contributed by atoms with E-state index in [0.717, 1.165) is 5.75 Å². The summed E-state index contributed by atoms with van der Waals surface area (Å²) in [6, 6.07) is 6.67. The van der Waals surface area contributed by atoms with Crippen molar-refractivity contribution in [2.45, 2.75) is 55.3 Å². The summed E-state index contributed by atoms with van der Waals surface area (Å²) < 4.78 is 0. The maximum Gasteiger partial charge on any atom is 0.151 e. The maximum absolute atomic E-state index is 12.5. The monoisotopic (exact) mass is 306 g/mol. The highest BCUT2D eigenvalue weighted by molar-refractivity contribution is 8.08. The molecule has 1 fully saturated rings. The maximum atomic E-state index is 12.5. The first kappa shape index (κ1) is 14.5. The number of aryl methyl sites for hydroxylation is 2. The van der Waals surface area contributed by atoms with Crippen molar-refractivity contribution in [3.63, 3.8) is 0 Å². The predicted octanol–water partition coefficient (Wildman–Crippen LogP) is 3.91. The molecule has 0 bridgehead atoms. The molecule has 1 aromatic carbocycles. The fraction of sp³-hybridized carbons (Fsp3) is 0.588. The van der Waals surface area contributed by atoms with Gasteiger partial charge in [-0.3, -0.25) is 4.79 Å². The van der Waals surface area contributed by atoms with Gasteiger partial charge in [-0.2, -0.15) is 11.8 Å². The van der Waals surface area contributed by atoms with Gasteiger partial charge in [0.1, 0.15) is 0 Å². The normalized spacial score (nSPS) is 29.2. The van der Waals surface area contributed by atoms with Crippen LogP contribution in [0.2, 0.25) is 0 Å². The van der Waals surface area contributed by atoms with Gasteiger partial charge in [-0.05, 0) is 36.0 Å². The molecular formula is C17H22OS2. The first-order valence-electron chi connectivity index (χ1n) is 7.54. The van der Waals surface area contributed by atoms with E-state index in [2.05, 4.69) is 32.0 Å². The number of hydrogen-bond donors (Lipinski definition) is 0. The molecule has 0 amide bonds. The van der Waals surface area contributed by atoms with Crippen molar-refractivity contribution in [1.82, 2.24) is 0 Å². The van der Waals surface area contributed by atoms with Crippen LogP contribution in [0, 0.1) is 0 Å². The lowest BCUT2D eigenvalue weighted by molar-refractivity contribution is -0.117. The van der Waals surface area contributed by atoms with Gasteiger partial charge in [0, 0.05) is 22.7 Å². The van der Waals surface area contributed by atoms with Gasteiger partial charge in [-0.25, -0.2) is 0 Å². The second kappa shape index (κ2) is 6.15. The van der Waals surface area contributed by atoms with Crippen molar-refractivity contribution in [3.8, 4) is 0 Å². The molecular weight excluding hydrogens is 284 g/mol. The Labute approximate surface area is 130 Å². The Morgan fingerprint density at radius 3 is 2.80 bits per heavy atom. The largest absolute Gasteiger partial charge is 0.298 e. The van der Waals surface area contributed by atoms with Gasteiger partial charge in [0.2, 0.25) is 0 Å². The zero-order valence-corrected chi connectivity index (χ0v) is 13.9.